The molecular weight excluding hydrogens is 336 g/mol. The van der Waals surface area contributed by atoms with Crippen molar-refractivity contribution >= 4 is 21.3 Å². The molecule has 6 nitrogen and oxygen atoms in total. The first-order valence-electron chi connectivity index (χ1n) is 8.42. The first-order valence-corrected chi connectivity index (χ1v) is 10.3. The summed E-state index contributed by atoms with van der Waals surface area (Å²) in [5.41, 5.74) is 2.50. The summed E-state index contributed by atoms with van der Waals surface area (Å²) in [6.07, 6.45) is 3.63. The average Bonchev–Trinajstić information content (AvgIpc) is 3.01. The number of nitrogens with zero attached hydrogens (tertiary/aromatic N) is 3. The number of rotatable bonds is 5. The molecule has 2 heterocycles. The van der Waals surface area contributed by atoms with Crippen LogP contribution in [0, 0.1) is 19.8 Å². The molecule has 0 saturated carbocycles. The smallest absolute Gasteiger partial charge is 0.180 e. The molecule has 1 atom stereocenters. The molecule has 1 fully saturated rings. The molecule has 7 heteroatoms. The van der Waals surface area contributed by atoms with Crippen LogP contribution in [-0.4, -0.2) is 44.3 Å². The maximum absolute atomic E-state index is 11.9. The largest absolute Gasteiger partial charge is 0.371 e. The second kappa shape index (κ2) is 7.00. The summed E-state index contributed by atoms with van der Waals surface area (Å²) in [7, 11) is -3.35. The summed E-state index contributed by atoms with van der Waals surface area (Å²) < 4.78 is 23.8. The number of aryl methyl sites for hydroxylation is 2. The van der Waals surface area contributed by atoms with E-state index in [9.17, 15) is 8.42 Å². The van der Waals surface area contributed by atoms with E-state index in [4.69, 9.17) is 0 Å². The quantitative estimate of drug-likeness (QED) is 0.883. The molecule has 1 aliphatic heterocycles. The van der Waals surface area contributed by atoms with Gasteiger partial charge in [0.05, 0.1) is 6.20 Å². The molecule has 0 radical (unpaired) electrons. The highest BCUT2D eigenvalue weighted by atomic mass is 32.2. The van der Waals surface area contributed by atoms with Crippen molar-refractivity contribution in [3.05, 3.63) is 41.9 Å². The topological polar surface area (TPSA) is 75.2 Å². The van der Waals surface area contributed by atoms with Crippen LogP contribution >= 0.6 is 0 Å². The molecule has 25 heavy (non-hydrogen) atoms. The predicted octanol–water partition coefficient (Wildman–Crippen LogP) is 2.44. The number of anilines is 2. The summed E-state index contributed by atoms with van der Waals surface area (Å²) in [6, 6.07) is 8.56. The Kier molecular flexibility index (Phi) is 4.94. The Hall–Kier alpha value is -2.15. The number of hydrogen-bond donors (Lipinski definition) is 1. The summed E-state index contributed by atoms with van der Waals surface area (Å²) in [6.45, 7) is 6.50. The van der Waals surface area contributed by atoms with E-state index in [0.717, 1.165) is 19.5 Å². The maximum atomic E-state index is 11.9. The summed E-state index contributed by atoms with van der Waals surface area (Å²) in [5, 5.41) is 3.23. The monoisotopic (exact) mass is 360 g/mol. The molecule has 1 saturated heterocycles. The van der Waals surface area contributed by atoms with Crippen LogP contribution in [0.2, 0.25) is 0 Å². The van der Waals surface area contributed by atoms with E-state index in [1.807, 2.05) is 0 Å². The molecule has 2 aromatic rings. The molecule has 0 amide bonds. The number of sulfone groups is 1. The fraction of sp³-hybridized carbons (Fsp3) is 0.444. The first-order chi connectivity index (χ1) is 11.8. The van der Waals surface area contributed by atoms with Gasteiger partial charge < -0.3 is 10.2 Å². The third-order valence-electron chi connectivity index (χ3n) is 4.52. The molecule has 0 bridgehead atoms. The van der Waals surface area contributed by atoms with Crippen molar-refractivity contribution in [3.63, 3.8) is 0 Å². The molecule has 3 rings (SSSR count). The van der Waals surface area contributed by atoms with Crippen LogP contribution in [0.25, 0.3) is 0 Å². The van der Waals surface area contributed by atoms with E-state index in [0.29, 0.717) is 24.1 Å². The van der Waals surface area contributed by atoms with Gasteiger partial charge in [-0.05, 0) is 38.3 Å². The van der Waals surface area contributed by atoms with Crippen LogP contribution in [0.1, 0.15) is 17.8 Å². The minimum Gasteiger partial charge on any atom is -0.371 e. The number of hydrogen-bond acceptors (Lipinski definition) is 6. The van der Waals surface area contributed by atoms with Crippen molar-refractivity contribution in [2.24, 2.45) is 5.92 Å². The second-order valence-corrected chi connectivity index (χ2v) is 8.70. The first kappa shape index (κ1) is 17.7. The number of benzene rings is 1. The van der Waals surface area contributed by atoms with Gasteiger partial charge in [-0.3, -0.25) is 0 Å². The predicted molar refractivity (Wildman–Crippen MR) is 99.9 cm³/mol. The van der Waals surface area contributed by atoms with E-state index in [1.54, 1.807) is 6.92 Å². The highest BCUT2D eigenvalue weighted by Gasteiger charge is 2.24. The average molecular weight is 360 g/mol. The van der Waals surface area contributed by atoms with Gasteiger partial charge in [0.2, 0.25) is 0 Å². The van der Waals surface area contributed by atoms with Gasteiger partial charge in [0.1, 0.15) is 16.5 Å². The van der Waals surface area contributed by atoms with Crippen molar-refractivity contribution < 1.29 is 8.42 Å². The highest BCUT2D eigenvalue weighted by molar-refractivity contribution is 7.90. The van der Waals surface area contributed by atoms with Gasteiger partial charge in [0.25, 0.3) is 0 Å². The van der Waals surface area contributed by atoms with E-state index >= 15 is 0 Å². The zero-order valence-corrected chi connectivity index (χ0v) is 15.7. The zero-order valence-electron chi connectivity index (χ0n) is 14.9. The lowest BCUT2D eigenvalue weighted by molar-refractivity contribution is 0.599. The summed E-state index contributed by atoms with van der Waals surface area (Å²) in [5.74, 6) is 1.41. The molecule has 1 aromatic carbocycles. The second-order valence-electron chi connectivity index (χ2n) is 6.72. The Bertz CT molecular complexity index is 850. The van der Waals surface area contributed by atoms with E-state index in [1.165, 1.54) is 23.7 Å². The van der Waals surface area contributed by atoms with E-state index in [2.05, 4.69) is 51.4 Å². The molecule has 134 valence electrons. The summed E-state index contributed by atoms with van der Waals surface area (Å²) >= 11 is 0. The van der Waals surface area contributed by atoms with E-state index < -0.39 is 9.84 Å². The Morgan fingerprint density at radius 3 is 2.64 bits per heavy atom. The van der Waals surface area contributed by atoms with Gasteiger partial charge in [0, 0.05) is 31.6 Å². The number of nitrogens with one attached hydrogen (secondary N) is 1. The van der Waals surface area contributed by atoms with Crippen LogP contribution in [-0.2, 0) is 9.84 Å². The zero-order chi connectivity index (χ0) is 18.0. The van der Waals surface area contributed by atoms with Crippen LogP contribution in [0.15, 0.2) is 35.4 Å². The van der Waals surface area contributed by atoms with Crippen molar-refractivity contribution in [1.82, 2.24) is 9.97 Å². The Morgan fingerprint density at radius 2 is 1.96 bits per heavy atom. The molecule has 0 spiro atoms. The fourth-order valence-electron chi connectivity index (χ4n) is 3.09. The summed E-state index contributed by atoms with van der Waals surface area (Å²) in [4.78, 5) is 10.8. The molecule has 1 N–H and O–H groups in total. The number of aromatic nitrogens is 2. The molecule has 0 aliphatic carbocycles. The van der Waals surface area contributed by atoms with Gasteiger partial charge in [-0.25, -0.2) is 18.4 Å². The van der Waals surface area contributed by atoms with Gasteiger partial charge >= 0.3 is 0 Å². The van der Waals surface area contributed by atoms with Crippen molar-refractivity contribution in [2.45, 2.75) is 25.2 Å². The van der Waals surface area contributed by atoms with Crippen molar-refractivity contribution in [3.8, 4) is 0 Å². The van der Waals surface area contributed by atoms with Crippen molar-refractivity contribution in [2.75, 3.05) is 36.1 Å². The minimum atomic E-state index is -3.35. The van der Waals surface area contributed by atoms with Gasteiger partial charge in [-0.15, -0.1) is 0 Å². The lowest BCUT2D eigenvalue weighted by Gasteiger charge is -2.19. The van der Waals surface area contributed by atoms with Crippen LogP contribution in [0.5, 0.6) is 0 Å². The third-order valence-corrected chi connectivity index (χ3v) is 5.62. The van der Waals surface area contributed by atoms with Crippen molar-refractivity contribution in [1.29, 1.82) is 0 Å². The van der Waals surface area contributed by atoms with Crippen LogP contribution in [0.3, 0.4) is 0 Å². The Labute approximate surface area is 149 Å². The molecule has 1 unspecified atom stereocenters. The normalized spacial score (nSPS) is 17.7. The molecule has 1 aliphatic rings. The minimum absolute atomic E-state index is 0.159. The Balaban J connectivity index is 1.65. The SMILES string of the molecule is Cc1ccc(N2CCC(CNc3nc(C)ncc3S(C)(=O)=O)C2)cc1. The lowest BCUT2D eigenvalue weighted by atomic mass is 10.1. The fourth-order valence-corrected chi connectivity index (χ4v) is 3.80. The van der Waals surface area contributed by atoms with Gasteiger partial charge in [-0.1, -0.05) is 17.7 Å². The standard InChI is InChI=1S/C18H24N4O2S/c1-13-4-6-16(7-5-13)22-9-8-15(12-22)10-20-18-17(25(3,23)24)11-19-14(2)21-18/h4-7,11,15H,8-10,12H2,1-3H3,(H,19,20,21). The highest BCUT2D eigenvalue weighted by Crippen LogP contribution is 2.25. The third kappa shape index (κ3) is 4.28. The Morgan fingerprint density at radius 1 is 1.24 bits per heavy atom. The molecular formula is C18H24N4O2S. The van der Waals surface area contributed by atoms with Gasteiger partial charge in [0.15, 0.2) is 9.84 Å². The maximum Gasteiger partial charge on any atom is 0.180 e. The molecule has 1 aromatic heterocycles. The van der Waals surface area contributed by atoms with Crippen LogP contribution in [0.4, 0.5) is 11.5 Å². The van der Waals surface area contributed by atoms with Crippen LogP contribution < -0.4 is 10.2 Å². The lowest BCUT2D eigenvalue weighted by Crippen LogP contribution is -2.23. The van der Waals surface area contributed by atoms with E-state index in [-0.39, 0.29) is 4.90 Å². The van der Waals surface area contributed by atoms with Gasteiger partial charge in [-0.2, -0.15) is 0 Å².